The second kappa shape index (κ2) is 3.69. The molecule has 1 aliphatic rings. The Morgan fingerprint density at radius 3 is 2.40 bits per heavy atom. The molecule has 4 heteroatoms. The first-order valence-electron chi connectivity index (χ1n) is 4.73. The zero-order chi connectivity index (χ0) is 11.1. The van der Waals surface area contributed by atoms with Crippen molar-refractivity contribution in [3.05, 3.63) is 30.3 Å². The van der Waals surface area contributed by atoms with Crippen LogP contribution in [0.25, 0.3) is 0 Å². The maximum atomic E-state index is 11.9. The molecule has 0 aromatic heterocycles. The zero-order valence-electron chi connectivity index (χ0n) is 8.28. The van der Waals surface area contributed by atoms with E-state index in [2.05, 4.69) is 0 Å². The number of carbonyl (C=O) groups excluding carboxylic acids is 1. The van der Waals surface area contributed by atoms with E-state index in [-0.39, 0.29) is 11.8 Å². The summed E-state index contributed by atoms with van der Waals surface area (Å²) in [6.07, 6.45) is 0.548. The summed E-state index contributed by atoms with van der Waals surface area (Å²) in [5.41, 5.74) is 0.860. The van der Waals surface area contributed by atoms with Gasteiger partial charge in [0.05, 0.1) is 5.92 Å². The van der Waals surface area contributed by atoms with Crippen LogP contribution in [0, 0.1) is 5.92 Å². The van der Waals surface area contributed by atoms with Crippen molar-refractivity contribution in [2.45, 2.75) is 10.8 Å². The van der Waals surface area contributed by atoms with E-state index in [4.69, 9.17) is 23.2 Å². The Bertz CT molecular complexity index is 377. The highest BCUT2D eigenvalue weighted by Crippen LogP contribution is 2.54. The first-order valence-corrected chi connectivity index (χ1v) is 5.48. The van der Waals surface area contributed by atoms with Crippen molar-refractivity contribution >= 4 is 34.8 Å². The molecule has 0 aliphatic heterocycles. The maximum absolute atomic E-state index is 11.9. The van der Waals surface area contributed by atoms with Crippen LogP contribution >= 0.6 is 23.2 Å². The molecule has 1 amide bonds. The molecule has 15 heavy (non-hydrogen) atoms. The maximum Gasteiger partial charge on any atom is 0.232 e. The van der Waals surface area contributed by atoms with E-state index in [1.807, 2.05) is 30.3 Å². The molecule has 1 fully saturated rings. The van der Waals surface area contributed by atoms with Gasteiger partial charge in [-0.05, 0) is 18.6 Å². The van der Waals surface area contributed by atoms with E-state index >= 15 is 0 Å². The number of halogens is 2. The first kappa shape index (κ1) is 10.8. The minimum Gasteiger partial charge on any atom is -0.315 e. The fraction of sp³-hybridized carbons (Fsp3) is 0.364. The topological polar surface area (TPSA) is 20.3 Å². The van der Waals surface area contributed by atoms with E-state index in [0.717, 1.165) is 5.69 Å². The molecule has 1 saturated carbocycles. The molecule has 1 unspecified atom stereocenters. The minimum absolute atomic E-state index is 0.0220. The van der Waals surface area contributed by atoms with Crippen LogP contribution in [-0.2, 0) is 4.79 Å². The quantitative estimate of drug-likeness (QED) is 0.732. The fourth-order valence-electron chi connectivity index (χ4n) is 1.49. The summed E-state index contributed by atoms with van der Waals surface area (Å²) in [6, 6.07) is 9.45. The SMILES string of the molecule is CN(C(=O)C1CC1(Cl)Cl)c1ccccc1. The van der Waals surface area contributed by atoms with Gasteiger partial charge in [0, 0.05) is 12.7 Å². The third-order valence-corrected chi connectivity index (χ3v) is 3.43. The van der Waals surface area contributed by atoms with Crippen LogP contribution in [0.5, 0.6) is 0 Å². The van der Waals surface area contributed by atoms with Crippen molar-refractivity contribution < 1.29 is 4.79 Å². The Kier molecular flexibility index (Phi) is 2.65. The Labute approximate surface area is 98.8 Å². The standard InChI is InChI=1S/C11H11Cl2NO/c1-14(8-5-3-2-4-6-8)10(15)9-7-11(9,12)13/h2-6,9H,7H2,1H3. The number of hydrogen-bond acceptors (Lipinski definition) is 1. The summed E-state index contributed by atoms with van der Waals surface area (Å²) in [5, 5.41) is 0. The van der Waals surface area contributed by atoms with Crippen LogP contribution in [0.15, 0.2) is 30.3 Å². The second-order valence-corrected chi connectivity index (χ2v) is 5.29. The van der Waals surface area contributed by atoms with Crippen LogP contribution in [-0.4, -0.2) is 17.3 Å². The van der Waals surface area contributed by atoms with Gasteiger partial charge in [-0.15, -0.1) is 23.2 Å². The van der Waals surface area contributed by atoms with Crippen LogP contribution in [0.3, 0.4) is 0 Å². The van der Waals surface area contributed by atoms with Gasteiger partial charge in [0.25, 0.3) is 0 Å². The molecule has 1 atom stereocenters. The smallest absolute Gasteiger partial charge is 0.232 e. The highest BCUT2D eigenvalue weighted by atomic mass is 35.5. The second-order valence-electron chi connectivity index (χ2n) is 3.75. The monoisotopic (exact) mass is 243 g/mol. The lowest BCUT2D eigenvalue weighted by atomic mass is 10.2. The van der Waals surface area contributed by atoms with Crippen LogP contribution < -0.4 is 4.90 Å². The molecule has 0 N–H and O–H groups in total. The van der Waals surface area contributed by atoms with Crippen molar-refractivity contribution in [3.8, 4) is 0 Å². The predicted molar refractivity (Wildman–Crippen MR) is 62.4 cm³/mol. The highest BCUT2D eigenvalue weighted by Gasteiger charge is 2.57. The highest BCUT2D eigenvalue weighted by molar-refractivity contribution is 6.52. The molecule has 1 aliphatic carbocycles. The lowest BCUT2D eigenvalue weighted by molar-refractivity contribution is -0.119. The molecule has 0 radical (unpaired) electrons. The number of para-hydroxylation sites is 1. The number of nitrogens with zero attached hydrogens (tertiary/aromatic N) is 1. The van der Waals surface area contributed by atoms with Gasteiger partial charge in [0.15, 0.2) is 0 Å². The van der Waals surface area contributed by atoms with E-state index in [9.17, 15) is 4.79 Å². The number of hydrogen-bond donors (Lipinski definition) is 0. The number of benzene rings is 1. The number of anilines is 1. The van der Waals surface area contributed by atoms with Gasteiger partial charge in [-0.3, -0.25) is 4.79 Å². The Morgan fingerprint density at radius 2 is 1.93 bits per heavy atom. The third-order valence-electron chi connectivity index (χ3n) is 2.60. The molecule has 0 spiro atoms. The van der Waals surface area contributed by atoms with Gasteiger partial charge in [-0.1, -0.05) is 18.2 Å². The average molecular weight is 244 g/mol. The summed E-state index contributed by atoms with van der Waals surface area (Å²) in [7, 11) is 1.74. The van der Waals surface area contributed by atoms with Crippen molar-refractivity contribution in [3.63, 3.8) is 0 Å². The van der Waals surface area contributed by atoms with Crippen LogP contribution in [0.2, 0.25) is 0 Å². The molecule has 0 heterocycles. The molecule has 1 aromatic rings. The van der Waals surface area contributed by atoms with Crippen molar-refractivity contribution in [1.29, 1.82) is 0 Å². The van der Waals surface area contributed by atoms with Crippen molar-refractivity contribution in [1.82, 2.24) is 0 Å². The van der Waals surface area contributed by atoms with Gasteiger partial charge < -0.3 is 4.90 Å². The Hall–Kier alpha value is -0.730. The Balaban J connectivity index is 2.10. The molecule has 0 bridgehead atoms. The third kappa shape index (κ3) is 2.11. The molecule has 80 valence electrons. The van der Waals surface area contributed by atoms with Crippen molar-refractivity contribution in [2.75, 3.05) is 11.9 Å². The fourth-order valence-corrected chi connectivity index (χ4v) is 1.99. The summed E-state index contributed by atoms with van der Waals surface area (Å²) >= 11 is 11.7. The summed E-state index contributed by atoms with van der Waals surface area (Å²) in [4.78, 5) is 13.5. The molecule has 1 aromatic carbocycles. The normalized spacial score (nSPS) is 22.2. The van der Waals surface area contributed by atoms with Crippen LogP contribution in [0.1, 0.15) is 6.42 Å². The molecule has 0 saturated heterocycles. The molecule has 2 nitrogen and oxygen atoms in total. The van der Waals surface area contributed by atoms with Gasteiger partial charge in [0.1, 0.15) is 4.33 Å². The summed E-state index contributed by atoms with van der Waals surface area (Å²) < 4.78 is -0.847. The van der Waals surface area contributed by atoms with Gasteiger partial charge in [0.2, 0.25) is 5.91 Å². The average Bonchev–Trinajstić information content (AvgIpc) is 2.87. The van der Waals surface area contributed by atoms with E-state index in [0.29, 0.717) is 6.42 Å². The Morgan fingerprint density at radius 1 is 1.40 bits per heavy atom. The zero-order valence-corrected chi connectivity index (χ0v) is 9.79. The number of carbonyl (C=O) groups is 1. The van der Waals surface area contributed by atoms with Crippen LogP contribution in [0.4, 0.5) is 5.69 Å². The molecule has 2 rings (SSSR count). The minimum atomic E-state index is -0.847. The molecular formula is C11H11Cl2NO. The van der Waals surface area contributed by atoms with Crippen molar-refractivity contribution in [2.24, 2.45) is 5.92 Å². The number of rotatable bonds is 2. The first-order chi connectivity index (χ1) is 7.02. The lowest BCUT2D eigenvalue weighted by Crippen LogP contribution is -2.29. The van der Waals surface area contributed by atoms with E-state index < -0.39 is 4.33 Å². The van der Waals surface area contributed by atoms with E-state index in [1.54, 1.807) is 11.9 Å². The number of amides is 1. The summed E-state index contributed by atoms with van der Waals surface area (Å²) in [6.45, 7) is 0. The van der Waals surface area contributed by atoms with Gasteiger partial charge in [-0.25, -0.2) is 0 Å². The predicted octanol–water partition coefficient (Wildman–Crippen LogP) is 2.84. The molecular weight excluding hydrogens is 233 g/mol. The van der Waals surface area contributed by atoms with Gasteiger partial charge >= 0.3 is 0 Å². The summed E-state index contributed by atoms with van der Waals surface area (Å²) in [5.74, 6) is -0.280. The lowest BCUT2D eigenvalue weighted by Gasteiger charge is -2.17. The largest absolute Gasteiger partial charge is 0.315 e. The van der Waals surface area contributed by atoms with E-state index in [1.165, 1.54) is 0 Å². The number of alkyl halides is 2. The van der Waals surface area contributed by atoms with Gasteiger partial charge in [-0.2, -0.15) is 0 Å².